The molecule has 1 unspecified atom stereocenters. The van der Waals surface area contributed by atoms with Gasteiger partial charge in [-0.15, -0.1) is 0 Å². The monoisotopic (exact) mass is 616 g/mol. The molecule has 1 atom stereocenters. The number of carbonyl (C=O) groups excluding carboxylic acids is 2. The minimum absolute atomic E-state index is 0.0611. The van der Waals surface area contributed by atoms with Crippen molar-refractivity contribution < 1.29 is 29.6 Å². The maximum Gasteiger partial charge on any atom is 0.321 e. The van der Waals surface area contributed by atoms with Gasteiger partial charge in [0, 0.05) is 22.8 Å². The van der Waals surface area contributed by atoms with Crippen LogP contribution in [-0.2, 0) is 26.5 Å². The van der Waals surface area contributed by atoms with Crippen molar-refractivity contribution in [1.82, 2.24) is 0 Å². The SMILES string of the molecule is CC(C)(C)CC(C)(C(=O)Oc1ccc(C(=O)c2cc(C(C)(C)C)c(O)c(C(C)(C)C)c2)c(O)c1)c1ccc(O)c(C(C)(C)C)c1. The lowest BCUT2D eigenvalue weighted by molar-refractivity contribution is -0.141. The second-order valence-electron chi connectivity index (χ2n) is 16.9. The molecule has 0 bridgehead atoms. The summed E-state index contributed by atoms with van der Waals surface area (Å²) in [6.07, 6.45) is 0.461. The van der Waals surface area contributed by atoms with E-state index in [0.29, 0.717) is 23.1 Å². The van der Waals surface area contributed by atoms with E-state index in [9.17, 15) is 24.9 Å². The molecule has 0 aliphatic heterocycles. The van der Waals surface area contributed by atoms with Crippen LogP contribution in [0.15, 0.2) is 48.5 Å². The van der Waals surface area contributed by atoms with Gasteiger partial charge in [0.2, 0.25) is 0 Å². The Kier molecular flexibility index (Phi) is 9.39. The van der Waals surface area contributed by atoms with E-state index in [-0.39, 0.29) is 39.4 Å². The summed E-state index contributed by atoms with van der Waals surface area (Å²) in [6.45, 7) is 25.8. The number of ketones is 1. The van der Waals surface area contributed by atoms with E-state index in [0.717, 1.165) is 11.1 Å². The molecule has 3 N–H and O–H groups in total. The van der Waals surface area contributed by atoms with Gasteiger partial charge in [-0.2, -0.15) is 0 Å². The Balaban J connectivity index is 2.03. The number of ether oxygens (including phenoxy) is 1. The molecule has 0 spiro atoms. The van der Waals surface area contributed by atoms with Crippen LogP contribution < -0.4 is 4.74 Å². The van der Waals surface area contributed by atoms with Crippen molar-refractivity contribution in [3.63, 3.8) is 0 Å². The Morgan fingerprint density at radius 3 is 1.58 bits per heavy atom. The van der Waals surface area contributed by atoms with Crippen LogP contribution in [0.1, 0.15) is 135 Å². The fraction of sp³-hybridized carbons (Fsp3) is 0.487. The molecule has 0 saturated carbocycles. The molecule has 0 aliphatic rings. The van der Waals surface area contributed by atoms with Gasteiger partial charge in [-0.3, -0.25) is 9.59 Å². The number of hydrogen-bond acceptors (Lipinski definition) is 6. The fourth-order valence-electron chi connectivity index (χ4n) is 5.88. The quantitative estimate of drug-likeness (QED) is 0.145. The van der Waals surface area contributed by atoms with Crippen molar-refractivity contribution in [1.29, 1.82) is 0 Å². The van der Waals surface area contributed by atoms with Crippen molar-refractivity contribution in [3.8, 4) is 23.0 Å². The molecular formula is C39H52O6. The number of benzene rings is 3. The first kappa shape index (κ1) is 35.7. The predicted octanol–water partition coefficient (Wildman–Crippen LogP) is 9.23. The summed E-state index contributed by atoms with van der Waals surface area (Å²) >= 11 is 0. The third-order valence-corrected chi connectivity index (χ3v) is 8.19. The highest BCUT2D eigenvalue weighted by molar-refractivity contribution is 6.11. The Hall–Kier alpha value is -3.80. The number of esters is 1. The molecule has 244 valence electrons. The Labute approximate surface area is 269 Å². The van der Waals surface area contributed by atoms with E-state index in [4.69, 9.17) is 4.74 Å². The minimum atomic E-state index is -1.07. The number of phenolic OH excluding ortho intramolecular Hbond substituents is 3. The molecule has 3 rings (SSSR count). The summed E-state index contributed by atoms with van der Waals surface area (Å²) in [5, 5.41) is 32.7. The summed E-state index contributed by atoms with van der Waals surface area (Å²) < 4.78 is 5.89. The Morgan fingerprint density at radius 2 is 1.13 bits per heavy atom. The lowest BCUT2D eigenvalue weighted by Crippen LogP contribution is -2.40. The lowest BCUT2D eigenvalue weighted by Gasteiger charge is -2.35. The highest BCUT2D eigenvalue weighted by Gasteiger charge is 2.41. The van der Waals surface area contributed by atoms with E-state index in [1.807, 2.05) is 75.3 Å². The Bertz CT molecular complexity index is 1570. The smallest absolute Gasteiger partial charge is 0.321 e. The molecule has 6 nitrogen and oxygen atoms in total. The van der Waals surface area contributed by atoms with Gasteiger partial charge in [0.05, 0.1) is 11.0 Å². The third-order valence-electron chi connectivity index (χ3n) is 8.19. The average Bonchev–Trinajstić information content (AvgIpc) is 2.85. The molecule has 0 aliphatic carbocycles. The van der Waals surface area contributed by atoms with Gasteiger partial charge >= 0.3 is 5.97 Å². The zero-order valence-corrected chi connectivity index (χ0v) is 29.4. The van der Waals surface area contributed by atoms with Crippen LogP contribution in [0.25, 0.3) is 0 Å². The van der Waals surface area contributed by atoms with Gasteiger partial charge in [-0.25, -0.2) is 0 Å². The molecule has 45 heavy (non-hydrogen) atoms. The van der Waals surface area contributed by atoms with Crippen molar-refractivity contribution in [2.24, 2.45) is 5.41 Å². The van der Waals surface area contributed by atoms with Crippen LogP contribution in [0.5, 0.6) is 23.0 Å². The van der Waals surface area contributed by atoms with Gasteiger partial charge in [-0.05, 0) is 76.5 Å². The first-order chi connectivity index (χ1) is 20.3. The zero-order valence-electron chi connectivity index (χ0n) is 29.4. The zero-order chi connectivity index (χ0) is 34.5. The summed E-state index contributed by atoms with van der Waals surface area (Å²) in [4.78, 5) is 27.7. The van der Waals surface area contributed by atoms with Crippen molar-refractivity contribution in [3.05, 3.63) is 81.9 Å². The number of aromatic hydroxyl groups is 3. The maximum atomic E-state index is 13.9. The second-order valence-corrected chi connectivity index (χ2v) is 16.9. The molecule has 0 heterocycles. The van der Waals surface area contributed by atoms with Crippen molar-refractivity contribution in [2.75, 3.05) is 0 Å². The van der Waals surface area contributed by atoms with Gasteiger partial charge < -0.3 is 20.1 Å². The number of rotatable bonds is 6. The number of phenols is 3. The normalized spacial score (nSPS) is 14.2. The van der Waals surface area contributed by atoms with Crippen LogP contribution in [0.3, 0.4) is 0 Å². The molecule has 0 amide bonds. The number of hydrogen-bond donors (Lipinski definition) is 3. The van der Waals surface area contributed by atoms with E-state index in [1.165, 1.54) is 18.2 Å². The average molecular weight is 617 g/mol. The molecule has 3 aromatic carbocycles. The molecular weight excluding hydrogens is 564 g/mol. The summed E-state index contributed by atoms with van der Waals surface area (Å²) in [5.74, 6) is -0.784. The Morgan fingerprint density at radius 1 is 0.622 bits per heavy atom. The van der Waals surface area contributed by atoms with Crippen LogP contribution in [0, 0.1) is 5.41 Å². The van der Waals surface area contributed by atoms with Crippen LogP contribution in [0.2, 0.25) is 0 Å². The maximum absolute atomic E-state index is 13.9. The summed E-state index contributed by atoms with van der Waals surface area (Å²) in [6, 6.07) is 12.9. The first-order valence-electron chi connectivity index (χ1n) is 15.6. The highest BCUT2D eigenvalue weighted by Crippen LogP contribution is 2.43. The van der Waals surface area contributed by atoms with E-state index in [1.54, 1.807) is 24.3 Å². The summed E-state index contributed by atoms with van der Waals surface area (Å²) in [5.41, 5.74) is 0.632. The summed E-state index contributed by atoms with van der Waals surface area (Å²) in [7, 11) is 0. The van der Waals surface area contributed by atoms with Crippen LogP contribution in [0.4, 0.5) is 0 Å². The van der Waals surface area contributed by atoms with Gasteiger partial charge in [0.25, 0.3) is 0 Å². The van der Waals surface area contributed by atoms with Gasteiger partial charge in [0.15, 0.2) is 5.78 Å². The first-order valence-corrected chi connectivity index (χ1v) is 15.6. The largest absolute Gasteiger partial charge is 0.508 e. The second kappa shape index (κ2) is 11.9. The molecule has 0 saturated heterocycles. The molecule has 0 aromatic heterocycles. The molecule has 3 aromatic rings. The number of carbonyl (C=O) groups is 2. The standard InChI is InChI=1S/C39H52O6/c1-35(2,3)22-39(13,24-14-17-30(40)27(20-24)36(4,5)6)34(44)45-25-15-16-26(31(41)21-25)32(42)23-18-28(37(7,8)9)33(43)29(19-23)38(10,11)12/h14-21,40-41,43H,22H2,1-13H3. The van der Waals surface area contributed by atoms with E-state index >= 15 is 0 Å². The van der Waals surface area contributed by atoms with E-state index < -0.39 is 28.0 Å². The van der Waals surface area contributed by atoms with Crippen LogP contribution in [-0.4, -0.2) is 27.1 Å². The lowest BCUT2D eigenvalue weighted by atomic mass is 9.70. The van der Waals surface area contributed by atoms with Crippen LogP contribution >= 0.6 is 0 Å². The van der Waals surface area contributed by atoms with E-state index in [2.05, 4.69) is 20.8 Å². The highest BCUT2D eigenvalue weighted by atomic mass is 16.5. The van der Waals surface area contributed by atoms with Crippen molar-refractivity contribution >= 4 is 11.8 Å². The third kappa shape index (κ3) is 7.89. The molecule has 0 radical (unpaired) electrons. The van der Waals surface area contributed by atoms with Gasteiger partial charge in [-0.1, -0.05) is 95.2 Å². The molecule has 0 fully saturated rings. The van der Waals surface area contributed by atoms with Gasteiger partial charge in [0.1, 0.15) is 23.0 Å². The topological polar surface area (TPSA) is 104 Å². The molecule has 6 heteroatoms. The fourth-order valence-corrected chi connectivity index (χ4v) is 5.88. The predicted molar refractivity (Wildman–Crippen MR) is 181 cm³/mol. The minimum Gasteiger partial charge on any atom is -0.508 e. The van der Waals surface area contributed by atoms with Crippen molar-refractivity contribution in [2.45, 2.75) is 118 Å².